The largest absolute Gasteiger partial charge is 0.495 e. The Labute approximate surface area is 134 Å². The van der Waals surface area contributed by atoms with Crippen LogP contribution < -0.4 is 4.74 Å². The lowest BCUT2D eigenvalue weighted by Gasteiger charge is -2.17. The Bertz CT molecular complexity index is 786. The first-order chi connectivity index (χ1) is 10.1. The lowest BCUT2D eigenvalue weighted by atomic mass is 10.2. The maximum absolute atomic E-state index is 11.8. The van der Waals surface area contributed by atoms with Crippen LogP contribution in [0.4, 0.5) is 0 Å². The SMILES string of the molecule is COc1cc(Cn2nnc(C(C)(C)S(C)(=O)=O)n2)ccc1Cl. The van der Waals surface area contributed by atoms with Crippen LogP contribution >= 0.6 is 11.6 Å². The predicted molar refractivity (Wildman–Crippen MR) is 82.8 cm³/mol. The van der Waals surface area contributed by atoms with E-state index in [9.17, 15) is 8.42 Å². The Hall–Kier alpha value is -1.67. The molecular weight excluding hydrogens is 328 g/mol. The molecule has 0 spiro atoms. The molecule has 0 atom stereocenters. The van der Waals surface area contributed by atoms with Gasteiger partial charge in [0.1, 0.15) is 10.5 Å². The minimum atomic E-state index is -3.35. The number of hydrogen-bond acceptors (Lipinski definition) is 6. The van der Waals surface area contributed by atoms with Crippen molar-refractivity contribution in [2.75, 3.05) is 13.4 Å². The van der Waals surface area contributed by atoms with Gasteiger partial charge in [0.25, 0.3) is 0 Å². The number of hydrogen-bond donors (Lipinski definition) is 0. The first-order valence-corrected chi connectivity index (χ1v) is 8.72. The number of ether oxygens (including phenoxy) is 1. The third-order valence-electron chi connectivity index (χ3n) is 3.46. The standard InChI is InChI=1S/C13H17ClN4O3S/c1-13(2,22(4,19)20)12-15-17-18(16-12)8-9-5-6-10(14)11(7-9)21-3/h5-7H,8H2,1-4H3. The number of benzene rings is 1. The maximum Gasteiger partial charge on any atom is 0.195 e. The fourth-order valence-electron chi connectivity index (χ4n) is 1.68. The van der Waals surface area contributed by atoms with Gasteiger partial charge in [0.15, 0.2) is 15.7 Å². The second kappa shape index (κ2) is 5.85. The zero-order chi connectivity index (χ0) is 16.5. The van der Waals surface area contributed by atoms with Gasteiger partial charge in [-0.25, -0.2) is 8.42 Å². The highest BCUT2D eigenvalue weighted by atomic mass is 35.5. The Balaban J connectivity index is 2.27. The zero-order valence-corrected chi connectivity index (χ0v) is 14.3. The van der Waals surface area contributed by atoms with Gasteiger partial charge in [-0.2, -0.15) is 4.80 Å². The van der Waals surface area contributed by atoms with E-state index in [2.05, 4.69) is 15.4 Å². The summed E-state index contributed by atoms with van der Waals surface area (Å²) in [6, 6.07) is 5.30. The Kier molecular flexibility index (Phi) is 4.44. The van der Waals surface area contributed by atoms with E-state index < -0.39 is 14.6 Å². The van der Waals surface area contributed by atoms with Crippen molar-refractivity contribution in [1.29, 1.82) is 0 Å². The van der Waals surface area contributed by atoms with Crippen molar-refractivity contribution >= 4 is 21.4 Å². The van der Waals surface area contributed by atoms with Gasteiger partial charge in [0.2, 0.25) is 0 Å². The van der Waals surface area contributed by atoms with E-state index in [1.807, 2.05) is 6.07 Å². The first-order valence-electron chi connectivity index (χ1n) is 6.45. The zero-order valence-electron chi connectivity index (χ0n) is 12.7. The number of halogens is 1. The van der Waals surface area contributed by atoms with Gasteiger partial charge in [-0.05, 0) is 36.8 Å². The summed E-state index contributed by atoms with van der Waals surface area (Å²) < 4.78 is 27.5. The predicted octanol–water partition coefficient (Wildman–Crippen LogP) is 1.66. The summed E-state index contributed by atoms with van der Waals surface area (Å²) in [5, 5.41) is 12.4. The summed E-state index contributed by atoms with van der Waals surface area (Å²) in [6.07, 6.45) is 1.15. The Morgan fingerprint density at radius 3 is 2.64 bits per heavy atom. The molecule has 0 aliphatic carbocycles. The van der Waals surface area contributed by atoms with Crippen molar-refractivity contribution in [3.8, 4) is 5.75 Å². The molecule has 22 heavy (non-hydrogen) atoms. The monoisotopic (exact) mass is 344 g/mol. The van der Waals surface area contributed by atoms with E-state index in [4.69, 9.17) is 16.3 Å². The van der Waals surface area contributed by atoms with Crippen LogP contribution in [-0.4, -0.2) is 42.0 Å². The van der Waals surface area contributed by atoms with Crippen LogP contribution in [0.2, 0.25) is 5.02 Å². The normalized spacial score (nSPS) is 12.4. The number of tetrazole rings is 1. The second-order valence-electron chi connectivity index (χ2n) is 5.39. The molecule has 0 fully saturated rings. The topological polar surface area (TPSA) is 87.0 Å². The molecular formula is C13H17ClN4O3S. The van der Waals surface area contributed by atoms with Crippen molar-refractivity contribution in [3.05, 3.63) is 34.6 Å². The highest BCUT2D eigenvalue weighted by Crippen LogP contribution is 2.26. The van der Waals surface area contributed by atoms with E-state index in [1.54, 1.807) is 26.0 Å². The highest BCUT2D eigenvalue weighted by molar-refractivity contribution is 7.91. The third kappa shape index (κ3) is 3.22. The Morgan fingerprint density at radius 2 is 2.05 bits per heavy atom. The van der Waals surface area contributed by atoms with Crippen molar-refractivity contribution in [3.63, 3.8) is 0 Å². The summed E-state index contributed by atoms with van der Waals surface area (Å²) >= 11 is 5.97. The summed E-state index contributed by atoms with van der Waals surface area (Å²) in [7, 11) is -1.81. The van der Waals surface area contributed by atoms with Crippen molar-refractivity contribution in [2.45, 2.75) is 25.1 Å². The lowest BCUT2D eigenvalue weighted by molar-refractivity contribution is 0.414. The molecule has 1 heterocycles. The van der Waals surface area contributed by atoms with Crippen molar-refractivity contribution in [1.82, 2.24) is 20.2 Å². The van der Waals surface area contributed by atoms with E-state index in [-0.39, 0.29) is 5.82 Å². The summed E-state index contributed by atoms with van der Waals surface area (Å²) in [4.78, 5) is 1.34. The molecule has 0 unspecified atom stereocenters. The molecule has 7 nitrogen and oxygen atoms in total. The van der Waals surface area contributed by atoms with E-state index in [0.29, 0.717) is 17.3 Å². The van der Waals surface area contributed by atoms with Crippen molar-refractivity contribution < 1.29 is 13.2 Å². The fraction of sp³-hybridized carbons (Fsp3) is 0.462. The van der Waals surface area contributed by atoms with Gasteiger partial charge in [-0.15, -0.1) is 10.2 Å². The van der Waals surface area contributed by atoms with E-state index >= 15 is 0 Å². The second-order valence-corrected chi connectivity index (χ2v) is 8.37. The molecule has 0 saturated carbocycles. The third-order valence-corrected chi connectivity index (χ3v) is 5.81. The number of rotatable bonds is 5. The minimum absolute atomic E-state index is 0.163. The summed E-state index contributed by atoms with van der Waals surface area (Å²) in [5.41, 5.74) is 0.863. The van der Waals surface area contributed by atoms with E-state index in [0.717, 1.165) is 11.8 Å². The average molecular weight is 345 g/mol. The van der Waals surface area contributed by atoms with Gasteiger partial charge in [0, 0.05) is 6.26 Å². The maximum atomic E-state index is 11.8. The van der Waals surface area contributed by atoms with Crippen LogP contribution in [0.25, 0.3) is 0 Å². The molecule has 0 aliphatic heterocycles. The van der Waals surface area contributed by atoms with Gasteiger partial charge >= 0.3 is 0 Å². The van der Waals surface area contributed by atoms with Gasteiger partial charge in [-0.1, -0.05) is 17.7 Å². The smallest absolute Gasteiger partial charge is 0.195 e. The summed E-state index contributed by atoms with van der Waals surface area (Å²) in [5.74, 6) is 0.715. The molecule has 1 aromatic heterocycles. The van der Waals surface area contributed by atoms with Crippen LogP contribution in [-0.2, 0) is 21.1 Å². The molecule has 0 radical (unpaired) electrons. The molecule has 2 aromatic rings. The molecule has 120 valence electrons. The van der Waals surface area contributed by atoms with Gasteiger partial charge in [-0.3, -0.25) is 0 Å². The molecule has 9 heteroatoms. The number of sulfone groups is 1. The minimum Gasteiger partial charge on any atom is -0.495 e. The molecule has 0 amide bonds. The van der Waals surface area contributed by atoms with Crippen LogP contribution in [0.1, 0.15) is 25.2 Å². The van der Waals surface area contributed by atoms with E-state index in [1.165, 1.54) is 11.9 Å². The lowest BCUT2D eigenvalue weighted by Crippen LogP contribution is -2.29. The number of methoxy groups -OCH3 is 1. The van der Waals surface area contributed by atoms with Crippen molar-refractivity contribution in [2.24, 2.45) is 0 Å². The molecule has 0 N–H and O–H groups in total. The van der Waals surface area contributed by atoms with Gasteiger partial charge in [0.05, 0.1) is 18.7 Å². The molecule has 0 bridgehead atoms. The molecule has 2 rings (SSSR count). The average Bonchev–Trinajstić information content (AvgIpc) is 2.88. The molecule has 0 aliphatic rings. The molecule has 0 saturated heterocycles. The van der Waals surface area contributed by atoms with Crippen LogP contribution in [0.3, 0.4) is 0 Å². The number of nitrogens with zero attached hydrogens (tertiary/aromatic N) is 4. The van der Waals surface area contributed by atoms with Gasteiger partial charge < -0.3 is 4.74 Å². The Morgan fingerprint density at radius 1 is 1.36 bits per heavy atom. The quantitative estimate of drug-likeness (QED) is 0.819. The highest BCUT2D eigenvalue weighted by Gasteiger charge is 2.37. The summed E-state index contributed by atoms with van der Waals surface area (Å²) in [6.45, 7) is 3.43. The first kappa shape index (κ1) is 16.7. The van der Waals surface area contributed by atoms with Crippen LogP contribution in [0.5, 0.6) is 5.75 Å². The number of aromatic nitrogens is 4. The molecule has 1 aromatic carbocycles. The van der Waals surface area contributed by atoms with Crippen LogP contribution in [0, 0.1) is 0 Å². The van der Waals surface area contributed by atoms with Crippen LogP contribution in [0.15, 0.2) is 18.2 Å². The fourth-order valence-corrected chi connectivity index (χ4v) is 2.29.